The number of ketones is 1. The van der Waals surface area contributed by atoms with E-state index >= 15 is 0 Å². The number of hydrogen-bond acceptors (Lipinski definition) is 4. The van der Waals surface area contributed by atoms with Gasteiger partial charge in [0.1, 0.15) is 5.78 Å². The largest absolute Gasteiger partial charge is 0.306 e. The van der Waals surface area contributed by atoms with Gasteiger partial charge in [-0.05, 0) is 38.3 Å². The zero-order chi connectivity index (χ0) is 18.3. The normalized spacial score (nSPS) is 18.2. The van der Waals surface area contributed by atoms with Gasteiger partial charge in [-0.3, -0.25) is 4.79 Å². The topological polar surface area (TPSA) is 60.4 Å². The molecule has 1 aromatic carbocycles. The zero-order valence-corrected chi connectivity index (χ0v) is 17.0. The number of benzene rings is 1. The van der Waals surface area contributed by atoms with Crippen molar-refractivity contribution in [2.24, 2.45) is 0 Å². The van der Waals surface area contributed by atoms with Crippen molar-refractivity contribution in [1.29, 1.82) is 0 Å². The average Bonchev–Trinajstić information content (AvgIpc) is 2.99. The van der Waals surface area contributed by atoms with E-state index in [0.29, 0.717) is 12.2 Å². The highest BCUT2D eigenvalue weighted by molar-refractivity contribution is 8.33. The van der Waals surface area contributed by atoms with E-state index in [2.05, 4.69) is 6.92 Å². The minimum Gasteiger partial charge on any atom is -0.299 e. The van der Waals surface area contributed by atoms with Crippen molar-refractivity contribution in [3.05, 3.63) is 29.8 Å². The Hall–Kier alpha value is -0.850. The van der Waals surface area contributed by atoms with E-state index in [1.54, 1.807) is 24.3 Å². The van der Waals surface area contributed by atoms with Crippen molar-refractivity contribution in [2.75, 3.05) is 17.3 Å². The van der Waals surface area contributed by atoms with Crippen LogP contribution in [0.15, 0.2) is 29.2 Å². The number of unbranched alkanes of at least 4 members (excludes halogenated alkanes) is 3. The van der Waals surface area contributed by atoms with Crippen LogP contribution in [0.25, 0.3) is 0 Å². The van der Waals surface area contributed by atoms with E-state index in [0.717, 1.165) is 55.6 Å². The van der Waals surface area contributed by atoms with Gasteiger partial charge >= 0.3 is 10.1 Å². The van der Waals surface area contributed by atoms with Gasteiger partial charge in [0, 0.05) is 17.9 Å². The molecule has 25 heavy (non-hydrogen) atoms. The molecular formula is C19H30O4S2. The summed E-state index contributed by atoms with van der Waals surface area (Å²) in [5.41, 5.74) is 1.00. The third-order valence-corrected chi connectivity index (χ3v) is 10.2. The van der Waals surface area contributed by atoms with E-state index in [-0.39, 0.29) is 10.7 Å². The fraction of sp³-hybridized carbons (Fsp3) is 0.632. The highest BCUT2D eigenvalue weighted by Crippen LogP contribution is 2.56. The molecular weight excluding hydrogens is 356 g/mol. The fourth-order valence-electron chi connectivity index (χ4n) is 3.12. The van der Waals surface area contributed by atoms with Crippen LogP contribution >= 0.6 is 10.3 Å². The molecule has 0 spiro atoms. The van der Waals surface area contributed by atoms with Crippen molar-refractivity contribution < 1.29 is 16.8 Å². The second kappa shape index (κ2) is 9.19. The number of hydrogen-bond donors (Lipinski definition) is 0. The first-order valence-electron chi connectivity index (χ1n) is 9.18. The smallest absolute Gasteiger partial charge is 0.299 e. The molecule has 1 fully saturated rings. The standard InChI is InChI=1S/C19H30O4S2/c1-3-4-5-6-9-18(20)16-24(14-7-8-15-24)23-25(21,22)19-12-10-17(2)11-13-19/h10-13H,3-9,14-16H2,1-2H3. The second-order valence-corrected chi connectivity index (χ2v) is 11.9. The van der Waals surface area contributed by atoms with Crippen LogP contribution in [-0.4, -0.2) is 31.5 Å². The number of carbonyl (C=O) groups is 1. The minimum atomic E-state index is -3.81. The first-order valence-corrected chi connectivity index (χ1v) is 12.7. The van der Waals surface area contributed by atoms with Gasteiger partial charge in [0.2, 0.25) is 0 Å². The molecule has 0 aliphatic carbocycles. The summed E-state index contributed by atoms with van der Waals surface area (Å²) in [5.74, 6) is 1.90. The summed E-state index contributed by atoms with van der Waals surface area (Å²) >= 11 is 0. The van der Waals surface area contributed by atoms with Crippen LogP contribution < -0.4 is 0 Å². The lowest BCUT2D eigenvalue weighted by Crippen LogP contribution is -2.21. The number of aryl methyl sites for hydroxylation is 1. The number of Topliss-reactive ketones (excluding diaryl/α,β-unsaturated/α-hetero) is 1. The molecule has 1 aromatic rings. The summed E-state index contributed by atoms with van der Waals surface area (Å²) in [7, 11) is -5.67. The van der Waals surface area contributed by atoms with Crippen LogP contribution in [0.4, 0.5) is 0 Å². The molecule has 4 nitrogen and oxygen atoms in total. The van der Waals surface area contributed by atoms with Crippen molar-refractivity contribution in [3.8, 4) is 0 Å². The molecule has 0 saturated carbocycles. The predicted molar refractivity (Wildman–Crippen MR) is 105 cm³/mol. The van der Waals surface area contributed by atoms with Crippen LogP contribution in [0.5, 0.6) is 0 Å². The Kier molecular flexibility index (Phi) is 7.52. The SMILES string of the molecule is CCCCCCC(=O)CS1(OS(=O)(=O)c2ccc(C)cc2)CCCC1. The van der Waals surface area contributed by atoms with E-state index in [9.17, 15) is 13.2 Å². The second-order valence-electron chi connectivity index (χ2n) is 6.91. The lowest BCUT2D eigenvalue weighted by atomic mass is 10.1. The van der Waals surface area contributed by atoms with Gasteiger partial charge in [-0.15, -0.1) is 10.3 Å². The molecule has 6 heteroatoms. The van der Waals surface area contributed by atoms with Gasteiger partial charge in [0.25, 0.3) is 0 Å². The monoisotopic (exact) mass is 386 g/mol. The summed E-state index contributed by atoms with van der Waals surface area (Å²) < 4.78 is 31.1. The van der Waals surface area contributed by atoms with Crippen molar-refractivity contribution in [3.63, 3.8) is 0 Å². The molecule has 1 saturated heterocycles. The van der Waals surface area contributed by atoms with Crippen LogP contribution in [0.1, 0.15) is 57.4 Å². The molecule has 1 heterocycles. The van der Waals surface area contributed by atoms with E-state index in [1.807, 2.05) is 6.92 Å². The van der Waals surface area contributed by atoms with Crippen LogP contribution in [0, 0.1) is 6.92 Å². The van der Waals surface area contributed by atoms with Crippen LogP contribution in [0.2, 0.25) is 0 Å². The quantitative estimate of drug-likeness (QED) is 0.544. The Labute approximate surface area is 154 Å². The predicted octanol–water partition coefficient (Wildman–Crippen LogP) is 4.75. The molecule has 142 valence electrons. The maximum atomic E-state index is 12.7. The Morgan fingerprint density at radius 1 is 1.08 bits per heavy atom. The zero-order valence-electron chi connectivity index (χ0n) is 15.3. The van der Waals surface area contributed by atoms with Crippen molar-refractivity contribution in [2.45, 2.75) is 63.7 Å². The van der Waals surface area contributed by atoms with Gasteiger partial charge in [0.15, 0.2) is 0 Å². The van der Waals surface area contributed by atoms with E-state index in [4.69, 9.17) is 3.63 Å². The van der Waals surface area contributed by atoms with Gasteiger partial charge in [-0.2, -0.15) is 8.42 Å². The molecule has 0 aromatic heterocycles. The van der Waals surface area contributed by atoms with E-state index < -0.39 is 20.4 Å². The third kappa shape index (κ3) is 6.12. The van der Waals surface area contributed by atoms with Crippen molar-refractivity contribution in [1.82, 2.24) is 0 Å². The summed E-state index contributed by atoms with van der Waals surface area (Å²) in [4.78, 5) is 12.6. The minimum absolute atomic E-state index is 0.159. The number of carbonyl (C=O) groups excluding carboxylic acids is 1. The number of rotatable bonds is 10. The average molecular weight is 387 g/mol. The summed E-state index contributed by atoms with van der Waals surface area (Å²) in [6.45, 7) is 4.06. The molecule has 1 aliphatic heterocycles. The summed E-state index contributed by atoms with van der Waals surface area (Å²) in [6.07, 6.45) is 6.68. The lowest BCUT2D eigenvalue weighted by Gasteiger charge is -2.33. The maximum absolute atomic E-state index is 12.7. The van der Waals surface area contributed by atoms with Gasteiger partial charge < -0.3 is 0 Å². The Morgan fingerprint density at radius 3 is 2.32 bits per heavy atom. The van der Waals surface area contributed by atoms with Gasteiger partial charge in [0.05, 0.1) is 10.6 Å². The van der Waals surface area contributed by atoms with Gasteiger partial charge in [-0.1, -0.05) is 43.9 Å². The fourth-order valence-corrected chi connectivity index (χ4v) is 8.84. The van der Waals surface area contributed by atoms with Gasteiger partial charge in [-0.25, -0.2) is 3.63 Å². The molecule has 0 amide bonds. The Balaban J connectivity index is 2.04. The molecule has 1 aliphatic rings. The molecule has 2 rings (SSSR count). The van der Waals surface area contributed by atoms with E-state index in [1.165, 1.54) is 0 Å². The third-order valence-electron chi connectivity index (χ3n) is 4.56. The van der Waals surface area contributed by atoms with Crippen LogP contribution in [-0.2, 0) is 18.5 Å². The highest BCUT2D eigenvalue weighted by atomic mass is 32.3. The molecule has 0 unspecified atom stereocenters. The maximum Gasteiger partial charge on any atom is 0.306 e. The van der Waals surface area contributed by atoms with Crippen molar-refractivity contribution >= 4 is 26.2 Å². The molecule has 0 radical (unpaired) electrons. The first-order chi connectivity index (χ1) is 11.9. The molecule has 0 atom stereocenters. The van der Waals surface area contributed by atoms with Crippen LogP contribution in [0.3, 0.4) is 0 Å². The highest BCUT2D eigenvalue weighted by Gasteiger charge is 2.37. The summed E-state index contributed by atoms with van der Waals surface area (Å²) in [5, 5.41) is 0. The Morgan fingerprint density at radius 2 is 1.72 bits per heavy atom. The Bertz CT molecular complexity index is 659. The molecule has 0 bridgehead atoms. The summed E-state index contributed by atoms with van der Waals surface area (Å²) in [6, 6.07) is 6.70. The molecule has 0 N–H and O–H groups in total. The first kappa shape index (κ1) is 20.5. The lowest BCUT2D eigenvalue weighted by molar-refractivity contribution is -0.116.